The fourth-order valence-electron chi connectivity index (χ4n) is 2.91. The van der Waals surface area contributed by atoms with E-state index in [4.69, 9.17) is 16.7 Å². The van der Waals surface area contributed by atoms with Gasteiger partial charge in [-0.3, -0.25) is 0 Å². The maximum Gasteiger partial charge on any atom is 0.101 e. The Bertz CT molecular complexity index is 507. The first kappa shape index (κ1) is 16.1. The van der Waals surface area contributed by atoms with Crippen LogP contribution in [0, 0.1) is 11.3 Å². The molecule has 0 amide bonds. The van der Waals surface area contributed by atoms with Gasteiger partial charge in [-0.25, -0.2) is 0 Å². The Morgan fingerprint density at radius 2 is 2.14 bits per heavy atom. The van der Waals surface area contributed by atoms with Crippen LogP contribution in [0.5, 0.6) is 0 Å². The van der Waals surface area contributed by atoms with Crippen LogP contribution < -0.4 is 4.90 Å². The van der Waals surface area contributed by atoms with Crippen molar-refractivity contribution >= 4 is 17.3 Å². The van der Waals surface area contributed by atoms with Gasteiger partial charge in [0.2, 0.25) is 0 Å². The normalized spacial score (nSPS) is 16.2. The van der Waals surface area contributed by atoms with Crippen molar-refractivity contribution < 1.29 is 5.11 Å². The first-order valence-electron chi connectivity index (χ1n) is 7.41. The Morgan fingerprint density at radius 1 is 1.43 bits per heavy atom. The van der Waals surface area contributed by atoms with Crippen LogP contribution in [0.25, 0.3) is 0 Å². The molecule has 0 atom stereocenters. The summed E-state index contributed by atoms with van der Waals surface area (Å²) in [5, 5.41) is 18.8. The third kappa shape index (κ3) is 4.10. The Kier molecular flexibility index (Phi) is 5.86. The summed E-state index contributed by atoms with van der Waals surface area (Å²) < 4.78 is 0. The molecular formula is C16H22ClN3O. The Balaban J connectivity index is 1.98. The topological polar surface area (TPSA) is 50.5 Å². The van der Waals surface area contributed by atoms with Crippen LogP contribution in [0.15, 0.2) is 18.2 Å². The van der Waals surface area contributed by atoms with Crippen molar-refractivity contribution in [3.05, 3.63) is 28.8 Å². The monoisotopic (exact) mass is 307 g/mol. The van der Waals surface area contributed by atoms with Gasteiger partial charge in [0.25, 0.3) is 0 Å². The van der Waals surface area contributed by atoms with Gasteiger partial charge < -0.3 is 14.9 Å². The Morgan fingerprint density at radius 3 is 2.76 bits per heavy atom. The second kappa shape index (κ2) is 7.65. The van der Waals surface area contributed by atoms with Crippen LogP contribution in [-0.4, -0.2) is 49.3 Å². The van der Waals surface area contributed by atoms with E-state index in [0.717, 1.165) is 44.6 Å². The molecule has 4 nitrogen and oxygen atoms in total. The molecule has 0 aliphatic carbocycles. The number of piperidine rings is 1. The van der Waals surface area contributed by atoms with Crippen molar-refractivity contribution in [1.82, 2.24) is 4.90 Å². The quantitative estimate of drug-likeness (QED) is 0.908. The first-order valence-corrected chi connectivity index (χ1v) is 7.79. The van der Waals surface area contributed by atoms with Gasteiger partial charge in [-0.05, 0) is 44.5 Å². The molecule has 1 aromatic carbocycles. The van der Waals surface area contributed by atoms with E-state index in [-0.39, 0.29) is 6.61 Å². The van der Waals surface area contributed by atoms with Crippen LogP contribution in [0.3, 0.4) is 0 Å². The van der Waals surface area contributed by atoms with E-state index in [2.05, 4.69) is 22.9 Å². The minimum Gasteiger partial charge on any atom is -0.396 e. The third-order valence-corrected chi connectivity index (χ3v) is 4.41. The van der Waals surface area contributed by atoms with Crippen molar-refractivity contribution in [1.29, 1.82) is 5.26 Å². The summed E-state index contributed by atoms with van der Waals surface area (Å²) in [6.45, 7) is 3.05. The fourth-order valence-corrected chi connectivity index (χ4v) is 3.08. The second-order valence-corrected chi connectivity index (χ2v) is 5.99. The van der Waals surface area contributed by atoms with Gasteiger partial charge in [0.1, 0.15) is 6.07 Å². The van der Waals surface area contributed by atoms with Crippen LogP contribution in [0.1, 0.15) is 24.8 Å². The zero-order valence-corrected chi connectivity index (χ0v) is 13.2. The SMILES string of the molecule is CN(CCCO)C1CCN(c2cc(Cl)ccc2C#N)CC1. The molecular weight excluding hydrogens is 286 g/mol. The lowest BCUT2D eigenvalue weighted by atomic mass is 10.0. The average Bonchev–Trinajstić information content (AvgIpc) is 2.52. The summed E-state index contributed by atoms with van der Waals surface area (Å²) in [5.74, 6) is 0. The first-order chi connectivity index (χ1) is 10.2. The zero-order chi connectivity index (χ0) is 15.2. The highest BCUT2D eigenvalue weighted by Gasteiger charge is 2.23. The number of aliphatic hydroxyl groups is 1. The smallest absolute Gasteiger partial charge is 0.101 e. The second-order valence-electron chi connectivity index (χ2n) is 5.55. The molecule has 1 aliphatic heterocycles. The van der Waals surface area contributed by atoms with E-state index in [1.165, 1.54) is 0 Å². The van der Waals surface area contributed by atoms with Crippen molar-refractivity contribution in [2.75, 3.05) is 38.2 Å². The van der Waals surface area contributed by atoms with Crippen LogP contribution in [0.4, 0.5) is 5.69 Å². The summed E-state index contributed by atoms with van der Waals surface area (Å²) >= 11 is 6.06. The number of halogens is 1. The highest BCUT2D eigenvalue weighted by atomic mass is 35.5. The molecule has 0 radical (unpaired) electrons. The molecule has 0 unspecified atom stereocenters. The van der Waals surface area contributed by atoms with Crippen molar-refractivity contribution in [3.63, 3.8) is 0 Å². The molecule has 0 saturated carbocycles. The van der Waals surface area contributed by atoms with Crippen molar-refractivity contribution in [2.45, 2.75) is 25.3 Å². The number of hydrogen-bond acceptors (Lipinski definition) is 4. The van der Waals surface area contributed by atoms with Crippen LogP contribution in [-0.2, 0) is 0 Å². The number of rotatable bonds is 5. The van der Waals surface area contributed by atoms with E-state index in [9.17, 15) is 5.26 Å². The van der Waals surface area contributed by atoms with E-state index in [1.807, 2.05) is 6.07 Å². The van der Waals surface area contributed by atoms with Crippen LogP contribution in [0.2, 0.25) is 5.02 Å². The highest BCUT2D eigenvalue weighted by molar-refractivity contribution is 6.30. The summed E-state index contributed by atoms with van der Waals surface area (Å²) in [4.78, 5) is 4.58. The third-order valence-electron chi connectivity index (χ3n) is 4.18. The van der Waals surface area contributed by atoms with Gasteiger partial charge in [0.05, 0.1) is 11.3 Å². The fraction of sp³-hybridized carbons (Fsp3) is 0.562. The van der Waals surface area contributed by atoms with Gasteiger partial charge >= 0.3 is 0 Å². The number of benzene rings is 1. The largest absolute Gasteiger partial charge is 0.396 e. The number of aliphatic hydroxyl groups excluding tert-OH is 1. The molecule has 21 heavy (non-hydrogen) atoms. The number of nitriles is 1. The lowest BCUT2D eigenvalue weighted by Crippen LogP contribution is -2.44. The lowest BCUT2D eigenvalue weighted by molar-refractivity contribution is 0.184. The number of nitrogens with zero attached hydrogens (tertiary/aromatic N) is 3. The van der Waals surface area contributed by atoms with E-state index < -0.39 is 0 Å². The van der Waals surface area contributed by atoms with E-state index in [0.29, 0.717) is 16.6 Å². The molecule has 0 spiro atoms. The maximum absolute atomic E-state index is 9.23. The predicted molar refractivity (Wildman–Crippen MR) is 85.7 cm³/mol. The van der Waals surface area contributed by atoms with E-state index >= 15 is 0 Å². The molecule has 0 aromatic heterocycles. The molecule has 1 fully saturated rings. The minimum absolute atomic E-state index is 0.247. The maximum atomic E-state index is 9.23. The lowest BCUT2D eigenvalue weighted by Gasteiger charge is -2.38. The summed E-state index contributed by atoms with van der Waals surface area (Å²) in [7, 11) is 2.12. The summed E-state index contributed by atoms with van der Waals surface area (Å²) in [5.41, 5.74) is 1.63. The molecule has 1 N–H and O–H groups in total. The highest BCUT2D eigenvalue weighted by Crippen LogP contribution is 2.28. The number of anilines is 1. The molecule has 1 saturated heterocycles. The summed E-state index contributed by atoms with van der Waals surface area (Å²) in [6.07, 6.45) is 2.96. The molecule has 2 rings (SSSR count). The van der Waals surface area contributed by atoms with Crippen molar-refractivity contribution in [3.8, 4) is 6.07 Å². The van der Waals surface area contributed by atoms with Gasteiger partial charge in [-0.1, -0.05) is 11.6 Å². The molecule has 1 aliphatic rings. The van der Waals surface area contributed by atoms with Gasteiger partial charge in [0, 0.05) is 37.3 Å². The average molecular weight is 308 g/mol. The Hall–Kier alpha value is -1.28. The summed E-state index contributed by atoms with van der Waals surface area (Å²) in [6, 6.07) is 8.23. The molecule has 5 heteroatoms. The zero-order valence-electron chi connectivity index (χ0n) is 12.4. The van der Waals surface area contributed by atoms with Gasteiger partial charge in [-0.2, -0.15) is 5.26 Å². The Labute approximate surface area is 131 Å². The van der Waals surface area contributed by atoms with Gasteiger partial charge in [0.15, 0.2) is 0 Å². The van der Waals surface area contributed by atoms with Gasteiger partial charge in [-0.15, -0.1) is 0 Å². The van der Waals surface area contributed by atoms with E-state index in [1.54, 1.807) is 12.1 Å². The van der Waals surface area contributed by atoms with Crippen LogP contribution >= 0.6 is 11.6 Å². The molecule has 1 aromatic rings. The standard InChI is InChI=1S/C16H22ClN3O/c1-19(7-2-10-21)15-5-8-20(9-6-15)16-11-14(17)4-3-13(16)12-18/h3-4,11,15,21H,2,5-10H2,1H3. The molecule has 114 valence electrons. The predicted octanol–water partition coefficient (Wildman–Crippen LogP) is 2.49. The number of hydrogen-bond donors (Lipinski definition) is 1. The molecule has 0 bridgehead atoms. The minimum atomic E-state index is 0.247. The molecule has 1 heterocycles. The van der Waals surface area contributed by atoms with Crippen molar-refractivity contribution in [2.24, 2.45) is 0 Å².